The minimum absolute atomic E-state index is 0.157. The van der Waals surface area contributed by atoms with Crippen LogP contribution < -0.4 is 0 Å². The molecule has 19 heavy (non-hydrogen) atoms. The number of carbonyl (C=O) groups excluding carboxylic acids is 1. The summed E-state index contributed by atoms with van der Waals surface area (Å²) in [7, 11) is 0. The fraction of sp³-hybridized carbons (Fsp3) is 0.533. The first kappa shape index (κ1) is 14.0. The van der Waals surface area contributed by atoms with Gasteiger partial charge in [-0.25, -0.2) is 8.78 Å². The van der Waals surface area contributed by atoms with E-state index in [4.69, 9.17) is 0 Å². The summed E-state index contributed by atoms with van der Waals surface area (Å²) in [4.78, 5) is 14.0. The summed E-state index contributed by atoms with van der Waals surface area (Å²) >= 11 is 0. The molecule has 1 saturated carbocycles. The Morgan fingerprint density at radius 2 is 2.05 bits per heavy atom. The largest absolute Gasteiger partial charge is 0.336 e. The predicted octanol–water partition coefficient (Wildman–Crippen LogP) is 3.62. The molecule has 0 atom stereocenters. The minimum Gasteiger partial charge on any atom is -0.336 e. The van der Waals surface area contributed by atoms with Crippen LogP contribution in [-0.2, 0) is 0 Å². The van der Waals surface area contributed by atoms with Gasteiger partial charge in [0.1, 0.15) is 11.6 Å². The molecular formula is C15H19F2NO. The molecule has 0 heterocycles. The Kier molecular flexibility index (Phi) is 4.17. The van der Waals surface area contributed by atoms with Gasteiger partial charge in [0, 0.05) is 12.6 Å². The molecular weight excluding hydrogens is 248 g/mol. The number of amides is 1. The van der Waals surface area contributed by atoms with E-state index in [1.807, 2.05) is 0 Å². The van der Waals surface area contributed by atoms with Crippen LogP contribution in [0.15, 0.2) is 18.2 Å². The number of hydrogen-bond donors (Lipinski definition) is 0. The molecule has 2 rings (SSSR count). The molecule has 0 radical (unpaired) electrons. The second-order valence-electron chi connectivity index (χ2n) is 5.54. The highest BCUT2D eigenvalue weighted by molar-refractivity contribution is 5.94. The molecule has 0 bridgehead atoms. The summed E-state index contributed by atoms with van der Waals surface area (Å²) < 4.78 is 26.8. The lowest BCUT2D eigenvalue weighted by molar-refractivity contribution is 0.0730. The Morgan fingerprint density at radius 3 is 2.63 bits per heavy atom. The van der Waals surface area contributed by atoms with Gasteiger partial charge in [-0.3, -0.25) is 4.79 Å². The van der Waals surface area contributed by atoms with Gasteiger partial charge in [0.25, 0.3) is 5.91 Å². The maximum atomic E-state index is 13.6. The zero-order chi connectivity index (χ0) is 14.0. The standard InChI is InChI=1S/C15H19F2NO/c1-10(2)7-8-18(12-4-5-12)15(19)13-9-11(16)3-6-14(13)17/h3,6,9-10,12H,4-5,7-8H2,1-2H3. The molecule has 0 aliphatic heterocycles. The average Bonchev–Trinajstić information content (AvgIpc) is 3.16. The number of carbonyl (C=O) groups is 1. The van der Waals surface area contributed by atoms with Crippen molar-refractivity contribution in [2.45, 2.75) is 39.2 Å². The van der Waals surface area contributed by atoms with Gasteiger partial charge in [0.05, 0.1) is 5.56 Å². The van der Waals surface area contributed by atoms with Gasteiger partial charge in [-0.2, -0.15) is 0 Å². The molecule has 1 fully saturated rings. The number of hydrogen-bond acceptors (Lipinski definition) is 1. The molecule has 1 amide bonds. The van der Waals surface area contributed by atoms with Crippen molar-refractivity contribution in [3.63, 3.8) is 0 Å². The summed E-state index contributed by atoms with van der Waals surface area (Å²) in [6, 6.07) is 3.23. The first-order valence-electron chi connectivity index (χ1n) is 6.75. The van der Waals surface area contributed by atoms with Crippen LogP contribution in [0.2, 0.25) is 0 Å². The van der Waals surface area contributed by atoms with Gasteiger partial charge in [-0.15, -0.1) is 0 Å². The Morgan fingerprint density at radius 1 is 1.37 bits per heavy atom. The molecule has 4 heteroatoms. The minimum atomic E-state index is -0.651. The zero-order valence-corrected chi connectivity index (χ0v) is 11.3. The van der Waals surface area contributed by atoms with Crippen molar-refractivity contribution in [2.24, 2.45) is 5.92 Å². The smallest absolute Gasteiger partial charge is 0.257 e. The van der Waals surface area contributed by atoms with E-state index in [-0.39, 0.29) is 17.5 Å². The van der Waals surface area contributed by atoms with E-state index in [0.717, 1.165) is 37.5 Å². The van der Waals surface area contributed by atoms with Crippen LogP contribution in [0.4, 0.5) is 8.78 Å². The van der Waals surface area contributed by atoms with Crippen LogP contribution in [0.5, 0.6) is 0 Å². The van der Waals surface area contributed by atoms with Crippen LogP contribution in [-0.4, -0.2) is 23.4 Å². The lowest BCUT2D eigenvalue weighted by Crippen LogP contribution is -2.35. The predicted molar refractivity (Wildman–Crippen MR) is 69.9 cm³/mol. The molecule has 2 nitrogen and oxygen atoms in total. The number of halogens is 2. The molecule has 1 aliphatic rings. The molecule has 1 aromatic carbocycles. The first-order valence-corrected chi connectivity index (χ1v) is 6.75. The maximum Gasteiger partial charge on any atom is 0.257 e. The van der Waals surface area contributed by atoms with Crippen molar-refractivity contribution in [3.05, 3.63) is 35.4 Å². The van der Waals surface area contributed by atoms with Crippen LogP contribution in [0.1, 0.15) is 43.5 Å². The first-order chi connectivity index (χ1) is 8.99. The van der Waals surface area contributed by atoms with Gasteiger partial charge in [-0.05, 0) is 43.4 Å². The fourth-order valence-corrected chi connectivity index (χ4v) is 2.05. The van der Waals surface area contributed by atoms with E-state index in [1.54, 1.807) is 4.90 Å². The topological polar surface area (TPSA) is 20.3 Å². The lowest BCUT2D eigenvalue weighted by atomic mass is 10.1. The third-order valence-corrected chi connectivity index (χ3v) is 3.35. The summed E-state index contributed by atoms with van der Waals surface area (Å²) in [6.45, 7) is 4.77. The fourth-order valence-electron chi connectivity index (χ4n) is 2.05. The van der Waals surface area contributed by atoms with E-state index in [9.17, 15) is 13.6 Å². The van der Waals surface area contributed by atoms with Crippen LogP contribution in [0.25, 0.3) is 0 Å². The van der Waals surface area contributed by atoms with Gasteiger partial charge in [0.15, 0.2) is 0 Å². The van der Waals surface area contributed by atoms with Crippen LogP contribution in [0.3, 0.4) is 0 Å². The van der Waals surface area contributed by atoms with Gasteiger partial charge < -0.3 is 4.90 Å². The normalized spacial score (nSPS) is 14.8. The highest BCUT2D eigenvalue weighted by Crippen LogP contribution is 2.29. The van der Waals surface area contributed by atoms with Gasteiger partial charge >= 0.3 is 0 Å². The Bertz CT molecular complexity index is 469. The van der Waals surface area contributed by atoms with Crippen LogP contribution in [0, 0.1) is 17.6 Å². The molecule has 0 N–H and O–H groups in total. The number of rotatable bonds is 5. The summed E-state index contributed by atoms with van der Waals surface area (Å²) in [6.07, 6.45) is 2.79. The number of benzene rings is 1. The monoisotopic (exact) mass is 267 g/mol. The molecule has 1 aromatic rings. The van der Waals surface area contributed by atoms with E-state index in [1.165, 1.54) is 0 Å². The van der Waals surface area contributed by atoms with E-state index in [2.05, 4.69) is 13.8 Å². The third kappa shape index (κ3) is 3.52. The van der Waals surface area contributed by atoms with E-state index in [0.29, 0.717) is 12.5 Å². The van der Waals surface area contributed by atoms with E-state index >= 15 is 0 Å². The second-order valence-corrected chi connectivity index (χ2v) is 5.54. The van der Waals surface area contributed by atoms with Crippen molar-refractivity contribution in [2.75, 3.05) is 6.54 Å². The van der Waals surface area contributed by atoms with Crippen molar-refractivity contribution < 1.29 is 13.6 Å². The zero-order valence-electron chi connectivity index (χ0n) is 11.3. The summed E-state index contributed by atoms with van der Waals surface area (Å²) in [5.74, 6) is -1.14. The quantitative estimate of drug-likeness (QED) is 0.798. The number of nitrogens with zero attached hydrogens (tertiary/aromatic N) is 1. The third-order valence-electron chi connectivity index (χ3n) is 3.35. The van der Waals surface area contributed by atoms with Crippen molar-refractivity contribution in [3.8, 4) is 0 Å². The van der Waals surface area contributed by atoms with Crippen LogP contribution >= 0.6 is 0 Å². The summed E-state index contributed by atoms with van der Waals surface area (Å²) in [5.41, 5.74) is -0.157. The SMILES string of the molecule is CC(C)CCN(C(=O)c1cc(F)ccc1F)C1CC1. The van der Waals surface area contributed by atoms with Crippen molar-refractivity contribution >= 4 is 5.91 Å². The maximum absolute atomic E-state index is 13.6. The molecule has 0 spiro atoms. The van der Waals surface area contributed by atoms with Gasteiger partial charge in [0.2, 0.25) is 0 Å². The Labute approximate surface area is 112 Å². The molecule has 0 unspecified atom stereocenters. The Hall–Kier alpha value is -1.45. The summed E-state index contributed by atoms with van der Waals surface area (Å²) in [5, 5.41) is 0. The molecule has 104 valence electrons. The van der Waals surface area contributed by atoms with Crippen molar-refractivity contribution in [1.29, 1.82) is 0 Å². The molecule has 0 aromatic heterocycles. The van der Waals surface area contributed by atoms with Gasteiger partial charge in [-0.1, -0.05) is 13.8 Å². The highest BCUT2D eigenvalue weighted by Gasteiger charge is 2.33. The average molecular weight is 267 g/mol. The molecule has 0 saturated heterocycles. The highest BCUT2D eigenvalue weighted by atomic mass is 19.1. The second kappa shape index (κ2) is 5.68. The molecule has 1 aliphatic carbocycles. The lowest BCUT2D eigenvalue weighted by Gasteiger charge is -2.23. The Balaban J connectivity index is 2.16. The van der Waals surface area contributed by atoms with E-state index < -0.39 is 11.6 Å². The van der Waals surface area contributed by atoms with Crippen molar-refractivity contribution in [1.82, 2.24) is 4.90 Å².